The number of hydrogen-bond acceptors (Lipinski definition) is 1. The molecular weight excluding hydrogens is 274 g/mol. The van der Waals surface area contributed by atoms with Crippen molar-refractivity contribution in [2.45, 2.75) is 70.3 Å². The summed E-state index contributed by atoms with van der Waals surface area (Å²) in [6.07, 6.45) is 14.5. The fourth-order valence-corrected chi connectivity index (χ4v) is 4.55. The average molecular weight is 302 g/mol. The van der Waals surface area contributed by atoms with Gasteiger partial charge in [-0.2, -0.15) is 0 Å². The van der Waals surface area contributed by atoms with Gasteiger partial charge in [0.25, 0.3) is 0 Å². The highest BCUT2D eigenvalue weighted by Crippen LogP contribution is 2.38. The van der Waals surface area contributed by atoms with Crippen molar-refractivity contribution in [2.75, 3.05) is 18.9 Å². The number of halogens is 1. The zero-order valence-electron chi connectivity index (χ0n) is 11.4. The van der Waals surface area contributed by atoms with Crippen LogP contribution < -0.4 is 0 Å². The molecule has 2 aliphatic rings. The van der Waals surface area contributed by atoms with E-state index in [1.165, 1.54) is 76.1 Å². The van der Waals surface area contributed by atoms with E-state index in [1.54, 1.807) is 0 Å². The third-order valence-electron chi connectivity index (χ3n) is 4.98. The van der Waals surface area contributed by atoms with Gasteiger partial charge in [-0.1, -0.05) is 54.5 Å². The monoisotopic (exact) mass is 301 g/mol. The van der Waals surface area contributed by atoms with Crippen molar-refractivity contribution in [3.05, 3.63) is 0 Å². The van der Waals surface area contributed by atoms with Gasteiger partial charge in [-0.3, -0.25) is 0 Å². The van der Waals surface area contributed by atoms with E-state index in [1.807, 2.05) is 0 Å². The highest BCUT2D eigenvalue weighted by atomic mass is 79.9. The van der Waals surface area contributed by atoms with E-state index < -0.39 is 0 Å². The molecule has 0 atom stereocenters. The van der Waals surface area contributed by atoms with Gasteiger partial charge in [0.2, 0.25) is 0 Å². The lowest BCUT2D eigenvalue weighted by Gasteiger charge is -2.37. The Hall–Kier alpha value is 0.440. The molecule has 17 heavy (non-hydrogen) atoms. The summed E-state index contributed by atoms with van der Waals surface area (Å²) in [4.78, 5) is 2.68. The molecule has 2 aliphatic carbocycles. The molecule has 2 fully saturated rings. The molecular formula is C15H28BrN. The molecule has 0 saturated heterocycles. The molecule has 0 bridgehead atoms. The zero-order valence-corrected chi connectivity index (χ0v) is 13.0. The van der Waals surface area contributed by atoms with Gasteiger partial charge in [-0.15, -0.1) is 0 Å². The highest BCUT2D eigenvalue weighted by molar-refractivity contribution is 9.09. The fraction of sp³-hybridized carbons (Fsp3) is 1.00. The molecule has 0 heterocycles. The van der Waals surface area contributed by atoms with Crippen molar-refractivity contribution in [3.8, 4) is 0 Å². The van der Waals surface area contributed by atoms with E-state index in [4.69, 9.17) is 0 Å². The van der Waals surface area contributed by atoms with E-state index in [-0.39, 0.29) is 0 Å². The van der Waals surface area contributed by atoms with Gasteiger partial charge < -0.3 is 4.90 Å². The van der Waals surface area contributed by atoms with E-state index >= 15 is 0 Å². The summed E-state index contributed by atoms with van der Waals surface area (Å²) in [5, 5.41) is 1.21. The maximum atomic E-state index is 3.81. The second-order valence-corrected chi connectivity index (χ2v) is 6.96. The fourth-order valence-electron chi connectivity index (χ4n) is 3.82. The summed E-state index contributed by atoms with van der Waals surface area (Å²) < 4.78 is 0. The first-order valence-electron chi connectivity index (χ1n) is 7.52. The summed E-state index contributed by atoms with van der Waals surface area (Å²) in [5.74, 6) is 0. The maximum Gasteiger partial charge on any atom is 0.0100 e. The molecule has 0 aromatic carbocycles. The van der Waals surface area contributed by atoms with Crippen molar-refractivity contribution >= 4 is 15.9 Å². The predicted molar refractivity (Wildman–Crippen MR) is 78.8 cm³/mol. The first kappa shape index (κ1) is 13.9. The van der Waals surface area contributed by atoms with Crippen molar-refractivity contribution in [1.82, 2.24) is 4.90 Å². The number of alkyl halides is 1. The molecule has 2 rings (SSSR count). The van der Waals surface area contributed by atoms with Gasteiger partial charge in [0.05, 0.1) is 0 Å². The second-order valence-electron chi connectivity index (χ2n) is 6.40. The van der Waals surface area contributed by atoms with Crippen LogP contribution >= 0.6 is 15.9 Å². The van der Waals surface area contributed by atoms with Crippen LogP contribution in [0.1, 0.15) is 64.2 Å². The van der Waals surface area contributed by atoms with Crippen molar-refractivity contribution in [3.63, 3.8) is 0 Å². The number of hydrogen-bond donors (Lipinski definition) is 0. The Labute approximate surface area is 115 Å². The summed E-state index contributed by atoms with van der Waals surface area (Å²) in [7, 11) is 2.37. The van der Waals surface area contributed by atoms with Crippen LogP contribution in [0, 0.1) is 5.41 Å². The van der Waals surface area contributed by atoms with Crippen LogP contribution in [0.4, 0.5) is 0 Å². The highest BCUT2D eigenvalue weighted by Gasteiger charge is 2.33. The van der Waals surface area contributed by atoms with Gasteiger partial charge in [0.1, 0.15) is 0 Å². The Balaban J connectivity index is 1.92. The quantitative estimate of drug-likeness (QED) is 0.542. The second kappa shape index (κ2) is 6.56. The van der Waals surface area contributed by atoms with Crippen LogP contribution in [0.25, 0.3) is 0 Å². The molecule has 1 nitrogen and oxygen atoms in total. The molecule has 0 N–H and O–H groups in total. The van der Waals surface area contributed by atoms with E-state index in [0.29, 0.717) is 5.41 Å². The Morgan fingerprint density at radius 2 is 1.59 bits per heavy atom. The Kier molecular flexibility index (Phi) is 5.35. The SMILES string of the molecule is CN(CC1(CBr)CCCCCC1)C1CCCC1. The molecule has 2 heteroatoms. The van der Waals surface area contributed by atoms with Crippen molar-refractivity contribution in [1.29, 1.82) is 0 Å². The first-order chi connectivity index (χ1) is 8.26. The third kappa shape index (κ3) is 3.70. The maximum absolute atomic E-state index is 3.81. The first-order valence-corrected chi connectivity index (χ1v) is 8.64. The standard InChI is InChI=1S/C15H28BrN/c1-17(14-8-4-5-9-14)13-15(12-16)10-6-2-3-7-11-15/h14H,2-13H2,1H3. The van der Waals surface area contributed by atoms with Crippen LogP contribution in [0.5, 0.6) is 0 Å². The number of nitrogens with zero attached hydrogens (tertiary/aromatic N) is 1. The summed E-state index contributed by atoms with van der Waals surface area (Å²) >= 11 is 3.81. The Bertz CT molecular complexity index is 215. The molecule has 0 aromatic heterocycles. The topological polar surface area (TPSA) is 3.24 Å². The molecule has 0 spiro atoms. The predicted octanol–water partition coefficient (Wildman–Crippen LogP) is 4.60. The molecule has 0 unspecified atom stereocenters. The lowest BCUT2D eigenvalue weighted by atomic mass is 9.81. The Morgan fingerprint density at radius 1 is 1.00 bits per heavy atom. The van der Waals surface area contributed by atoms with Gasteiger partial charge in [-0.25, -0.2) is 0 Å². The summed E-state index contributed by atoms with van der Waals surface area (Å²) in [6.45, 7) is 1.32. The van der Waals surface area contributed by atoms with Crippen LogP contribution in [0.2, 0.25) is 0 Å². The molecule has 0 aromatic rings. The largest absolute Gasteiger partial charge is 0.303 e. The van der Waals surface area contributed by atoms with E-state index in [9.17, 15) is 0 Å². The van der Waals surface area contributed by atoms with Crippen LogP contribution in [0.15, 0.2) is 0 Å². The summed E-state index contributed by atoms with van der Waals surface area (Å²) in [5.41, 5.74) is 0.577. The average Bonchev–Trinajstić information content (AvgIpc) is 2.78. The van der Waals surface area contributed by atoms with Gasteiger partial charge in [-0.05, 0) is 38.1 Å². The van der Waals surface area contributed by atoms with Gasteiger partial charge in [0, 0.05) is 17.9 Å². The van der Waals surface area contributed by atoms with Crippen molar-refractivity contribution in [2.24, 2.45) is 5.41 Å². The zero-order chi connectivity index (χ0) is 12.1. The molecule has 0 aliphatic heterocycles. The summed E-state index contributed by atoms with van der Waals surface area (Å²) in [6, 6.07) is 0.883. The lowest BCUT2D eigenvalue weighted by molar-refractivity contribution is 0.138. The van der Waals surface area contributed by atoms with E-state index in [2.05, 4.69) is 27.9 Å². The minimum atomic E-state index is 0.577. The number of rotatable bonds is 4. The molecule has 0 radical (unpaired) electrons. The van der Waals surface area contributed by atoms with Crippen molar-refractivity contribution < 1.29 is 0 Å². The van der Waals surface area contributed by atoms with Gasteiger partial charge in [0.15, 0.2) is 0 Å². The lowest BCUT2D eigenvalue weighted by Crippen LogP contribution is -2.41. The van der Waals surface area contributed by atoms with Crippen LogP contribution in [-0.2, 0) is 0 Å². The molecule has 0 amide bonds. The Morgan fingerprint density at radius 3 is 2.12 bits per heavy atom. The smallest absolute Gasteiger partial charge is 0.0100 e. The molecule has 2 saturated carbocycles. The normalized spacial score (nSPS) is 26.3. The third-order valence-corrected chi connectivity index (χ3v) is 6.17. The van der Waals surface area contributed by atoms with Gasteiger partial charge >= 0.3 is 0 Å². The van der Waals surface area contributed by atoms with Crippen LogP contribution in [-0.4, -0.2) is 29.9 Å². The minimum absolute atomic E-state index is 0.577. The minimum Gasteiger partial charge on any atom is -0.303 e. The van der Waals surface area contributed by atoms with Crippen LogP contribution in [0.3, 0.4) is 0 Å². The van der Waals surface area contributed by atoms with E-state index in [0.717, 1.165) is 6.04 Å². The molecule has 100 valence electrons.